The number of amides is 1. The molecule has 1 atom stereocenters. The Labute approximate surface area is 132 Å². The zero-order valence-electron chi connectivity index (χ0n) is 14.2. The summed E-state index contributed by atoms with van der Waals surface area (Å²) in [5, 5.41) is 0. The highest BCUT2D eigenvalue weighted by atomic mass is 16.6. The third-order valence-electron chi connectivity index (χ3n) is 3.00. The van der Waals surface area contributed by atoms with E-state index in [4.69, 9.17) is 9.47 Å². The summed E-state index contributed by atoms with van der Waals surface area (Å²) in [6, 6.07) is 7.91. The molecule has 120 valence electrons. The largest absolute Gasteiger partial charge is 0.443 e. The van der Waals surface area contributed by atoms with Crippen molar-refractivity contribution in [2.45, 2.75) is 59.0 Å². The molecule has 1 unspecified atom stereocenters. The van der Waals surface area contributed by atoms with Crippen molar-refractivity contribution in [3.05, 3.63) is 41.6 Å². The highest BCUT2D eigenvalue weighted by Gasteiger charge is 2.34. The van der Waals surface area contributed by atoms with E-state index in [9.17, 15) is 4.79 Å². The Morgan fingerprint density at radius 3 is 2.27 bits per heavy atom. The van der Waals surface area contributed by atoms with E-state index in [-0.39, 0.29) is 5.60 Å². The van der Waals surface area contributed by atoms with Crippen molar-refractivity contribution in [1.82, 2.24) is 4.90 Å². The molecule has 1 aliphatic heterocycles. The fourth-order valence-corrected chi connectivity index (χ4v) is 2.20. The number of ether oxygens (including phenoxy) is 2. The standard InChI is InChI=1S/C18H25NO3/c1-17(2,3)21-15-14-10-8-7-9-13(14)11-12-19(15)16(20)22-18(4,5)6/h7-12,15H,1-6H3. The molecule has 1 heterocycles. The minimum atomic E-state index is -0.547. The van der Waals surface area contributed by atoms with Gasteiger partial charge in [0.25, 0.3) is 0 Å². The first-order valence-corrected chi connectivity index (χ1v) is 7.53. The molecule has 0 saturated carbocycles. The minimum absolute atomic E-state index is 0.386. The molecule has 0 N–H and O–H groups in total. The minimum Gasteiger partial charge on any atom is -0.443 e. The Bertz CT molecular complexity index is 579. The maximum absolute atomic E-state index is 12.5. The van der Waals surface area contributed by atoms with Crippen LogP contribution >= 0.6 is 0 Å². The van der Waals surface area contributed by atoms with E-state index >= 15 is 0 Å². The first-order valence-electron chi connectivity index (χ1n) is 7.53. The number of hydrogen-bond acceptors (Lipinski definition) is 3. The Hall–Kier alpha value is -1.81. The maximum atomic E-state index is 12.5. The average molecular weight is 303 g/mol. The molecule has 1 aromatic carbocycles. The number of hydrogen-bond donors (Lipinski definition) is 0. The molecule has 1 aromatic rings. The number of fused-ring (bicyclic) bond motifs is 1. The van der Waals surface area contributed by atoms with Gasteiger partial charge in [0.15, 0.2) is 6.23 Å². The Morgan fingerprint density at radius 2 is 1.68 bits per heavy atom. The van der Waals surface area contributed by atoms with Crippen molar-refractivity contribution in [1.29, 1.82) is 0 Å². The number of nitrogens with zero attached hydrogens (tertiary/aromatic N) is 1. The van der Waals surface area contributed by atoms with Crippen molar-refractivity contribution in [3.8, 4) is 0 Å². The van der Waals surface area contributed by atoms with Gasteiger partial charge in [-0.1, -0.05) is 24.3 Å². The van der Waals surface area contributed by atoms with Crippen molar-refractivity contribution in [2.24, 2.45) is 0 Å². The monoisotopic (exact) mass is 303 g/mol. The summed E-state index contributed by atoms with van der Waals surface area (Å²) >= 11 is 0. The van der Waals surface area contributed by atoms with Gasteiger partial charge >= 0.3 is 6.09 Å². The molecule has 0 bridgehead atoms. The second kappa shape index (κ2) is 5.76. The van der Waals surface area contributed by atoms with Gasteiger partial charge in [-0.25, -0.2) is 4.79 Å². The molecule has 0 aliphatic carbocycles. The molecule has 1 amide bonds. The molecule has 2 rings (SSSR count). The maximum Gasteiger partial charge on any atom is 0.416 e. The van der Waals surface area contributed by atoms with E-state index in [1.165, 1.54) is 4.90 Å². The fraction of sp³-hybridized carbons (Fsp3) is 0.500. The molecular formula is C18H25NO3. The van der Waals surface area contributed by atoms with E-state index in [0.29, 0.717) is 0 Å². The van der Waals surface area contributed by atoms with Crippen LogP contribution in [-0.4, -0.2) is 22.2 Å². The lowest BCUT2D eigenvalue weighted by Crippen LogP contribution is -2.40. The van der Waals surface area contributed by atoms with E-state index in [2.05, 4.69) is 0 Å². The number of carbonyl (C=O) groups excluding carboxylic acids is 1. The predicted octanol–water partition coefficient (Wildman–Crippen LogP) is 4.72. The van der Waals surface area contributed by atoms with E-state index < -0.39 is 17.9 Å². The zero-order chi connectivity index (χ0) is 16.5. The summed E-state index contributed by atoms with van der Waals surface area (Å²) in [5.41, 5.74) is 1.08. The second-order valence-corrected chi connectivity index (χ2v) is 7.41. The van der Waals surface area contributed by atoms with E-state index in [1.807, 2.05) is 71.9 Å². The van der Waals surface area contributed by atoms with E-state index in [0.717, 1.165) is 11.1 Å². The number of rotatable bonds is 1. The summed E-state index contributed by atoms with van der Waals surface area (Å²) in [6.07, 6.45) is 2.73. The van der Waals surface area contributed by atoms with Crippen LogP contribution in [0.25, 0.3) is 6.08 Å². The molecule has 1 aliphatic rings. The summed E-state index contributed by atoms with van der Waals surface area (Å²) in [7, 11) is 0. The molecule has 0 fully saturated rings. The van der Waals surface area contributed by atoms with Crippen LogP contribution in [0.1, 0.15) is 58.9 Å². The molecule has 0 radical (unpaired) electrons. The van der Waals surface area contributed by atoms with Gasteiger partial charge in [-0.05, 0) is 53.2 Å². The van der Waals surface area contributed by atoms with Gasteiger partial charge in [-0.15, -0.1) is 0 Å². The summed E-state index contributed by atoms with van der Waals surface area (Å²) < 4.78 is 11.6. The van der Waals surface area contributed by atoms with Gasteiger partial charge in [0.05, 0.1) is 5.60 Å². The van der Waals surface area contributed by atoms with Gasteiger partial charge in [0, 0.05) is 11.8 Å². The third-order valence-corrected chi connectivity index (χ3v) is 3.00. The van der Waals surface area contributed by atoms with Crippen LogP contribution in [-0.2, 0) is 9.47 Å². The van der Waals surface area contributed by atoms with Gasteiger partial charge in [0.1, 0.15) is 5.60 Å². The zero-order valence-corrected chi connectivity index (χ0v) is 14.2. The van der Waals surface area contributed by atoms with Crippen LogP contribution in [0, 0.1) is 0 Å². The third kappa shape index (κ3) is 4.10. The first-order chi connectivity index (χ1) is 10.1. The topological polar surface area (TPSA) is 38.8 Å². The lowest BCUT2D eigenvalue weighted by atomic mass is 10.0. The first kappa shape index (κ1) is 16.6. The van der Waals surface area contributed by atoms with Crippen LogP contribution in [0.3, 0.4) is 0 Å². The Balaban J connectivity index is 2.35. The Kier molecular flexibility index (Phi) is 4.34. The lowest BCUT2D eigenvalue weighted by Gasteiger charge is -2.37. The van der Waals surface area contributed by atoms with Gasteiger partial charge in [0.2, 0.25) is 0 Å². The quantitative estimate of drug-likeness (QED) is 0.753. The van der Waals surface area contributed by atoms with Gasteiger partial charge < -0.3 is 9.47 Å². The van der Waals surface area contributed by atoms with Crippen molar-refractivity contribution < 1.29 is 14.3 Å². The average Bonchev–Trinajstić information content (AvgIpc) is 2.35. The van der Waals surface area contributed by atoms with Gasteiger partial charge in [-0.3, -0.25) is 4.90 Å². The summed E-state index contributed by atoms with van der Waals surface area (Å²) in [4.78, 5) is 14.0. The molecule has 22 heavy (non-hydrogen) atoms. The van der Waals surface area contributed by atoms with Crippen LogP contribution in [0.15, 0.2) is 30.5 Å². The highest BCUT2D eigenvalue weighted by molar-refractivity contribution is 5.73. The van der Waals surface area contributed by atoms with Crippen molar-refractivity contribution in [2.75, 3.05) is 0 Å². The van der Waals surface area contributed by atoms with E-state index in [1.54, 1.807) is 6.20 Å². The Morgan fingerprint density at radius 1 is 1.05 bits per heavy atom. The van der Waals surface area contributed by atoms with Crippen molar-refractivity contribution in [3.63, 3.8) is 0 Å². The molecule has 4 heteroatoms. The summed E-state index contributed by atoms with van der Waals surface area (Å²) in [5.74, 6) is 0. The van der Waals surface area contributed by atoms with Gasteiger partial charge in [-0.2, -0.15) is 0 Å². The highest BCUT2D eigenvalue weighted by Crippen LogP contribution is 2.35. The SMILES string of the molecule is CC(C)(C)OC(=O)N1C=Cc2ccccc2C1OC(C)(C)C. The second-order valence-electron chi connectivity index (χ2n) is 7.41. The molecule has 4 nitrogen and oxygen atoms in total. The predicted molar refractivity (Wildman–Crippen MR) is 87.1 cm³/mol. The van der Waals surface area contributed by atoms with Crippen LogP contribution in [0.2, 0.25) is 0 Å². The molecule has 0 spiro atoms. The molecular weight excluding hydrogens is 278 g/mol. The van der Waals surface area contributed by atoms with Crippen molar-refractivity contribution >= 4 is 12.2 Å². The van der Waals surface area contributed by atoms with Crippen LogP contribution < -0.4 is 0 Å². The molecule has 0 aromatic heterocycles. The number of benzene rings is 1. The number of carbonyl (C=O) groups is 1. The van der Waals surface area contributed by atoms with Crippen LogP contribution in [0.5, 0.6) is 0 Å². The smallest absolute Gasteiger partial charge is 0.416 e. The normalized spacial score (nSPS) is 18.1. The van der Waals surface area contributed by atoms with Crippen LogP contribution in [0.4, 0.5) is 4.79 Å². The lowest BCUT2D eigenvalue weighted by molar-refractivity contribution is -0.120. The fourth-order valence-electron chi connectivity index (χ4n) is 2.20. The summed E-state index contributed by atoms with van der Waals surface area (Å²) in [6.45, 7) is 11.5. The molecule has 0 saturated heterocycles.